The molecule has 2 heterocycles. The lowest BCUT2D eigenvalue weighted by Gasteiger charge is -2.30. The average Bonchev–Trinajstić information content (AvgIpc) is 3.11. The summed E-state index contributed by atoms with van der Waals surface area (Å²) in [4.78, 5) is 11.7. The quantitative estimate of drug-likeness (QED) is 0.739. The molecule has 0 unspecified atom stereocenters. The zero-order chi connectivity index (χ0) is 20.3. The highest BCUT2D eigenvalue weighted by Gasteiger charge is 2.33. The summed E-state index contributed by atoms with van der Waals surface area (Å²) in [6, 6.07) is 2.29. The Hall–Kier alpha value is -2.37. The Morgan fingerprint density at radius 3 is 2.68 bits per heavy atom. The Morgan fingerprint density at radius 2 is 2.00 bits per heavy atom. The molecule has 0 radical (unpaired) electrons. The minimum atomic E-state index is -4.18. The van der Waals surface area contributed by atoms with Crippen molar-refractivity contribution in [1.82, 2.24) is 14.1 Å². The first-order valence-electron chi connectivity index (χ1n) is 8.70. The van der Waals surface area contributed by atoms with Crippen LogP contribution in [0.15, 0.2) is 35.5 Å². The fourth-order valence-corrected chi connectivity index (χ4v) is 4.62. The number of hydrogen-bond acceptors (Lipinski definition) is 5. The topological polar surface area (TPSA) is 105 Å². The normalized spacial score (nSPS) is 16.2. The highest BCUT2D eigenvalue weighted by atomic mass is 32.2. The fraction of sp³-hybridized carbons (Fsp3) is 0.412. The molecule has 8 nitrogen and oxygen atoms in total. The van der Waals surface area contributed by atoms with E-state index in [0.29, 0.717) is 18.3 Å². The second kappa shape index (κ2) is 8.33. The number of hydrogen-bond donors (Lipinski definition) is 2. The molecule has 2 N–H and O–H groups in total. The molecule has 0 atom stereocenters. The third kappa shape index (κ3) is 4.37. The number of aromatic nitrogens is 2. The molecule has 0 saturated carbocycles. The van der Waals surface area contributed by atoms with E-state index in [4.69, 9.17) is 5.11 Å². The molecule has 28 heavy (non-hydrogen) atoms. The van der Waals surface area contributed by atoms with E-state index in [2.05, 4.69) is 10.4 Å². The van der Waals surface area contributed by atoms with Crippen LogP contribution in [-0.2, 0) is 21.4 Å². The lowest BCUT2D eigenvalue weighted by molar-refractivity contribution is -0.120. The van der Waals surface area contributed by atoms with E-state index >= 15 is 0 Å². The van der Waals surface area contributed by atoms with Crippen molar-refractivity contribution in [3.63, 3.8) is 0 Å². The number of benzene rings is 1. The van der Waals surface area contributed by atoms with Crippen LogP contribution in [0.1, 0.15) is 12.8 Å². The smallest absolute Gasteiger partial charge is 0.246 e. The van der Waals surface area contributed by atoms with Gasteiger partial charge < -0.3 is 10.4 Å². The maximum Gasteiger partial charge on any atom is 0.246 e. The molecule has 0 spiro atoms. The van der Waals surface area contributed by atoms with E-state index < -0.39 is 32.5 Å². The monoisotopic (exact) mass is 414 g/mol. The van der Waals surface area contributed by atoms with Gasteiger partial charge in [-0.1, -0.05) is 0 Å². The largest absolute Gasteiger partial charge is 0.394 e. The van der Waals surface area contributed by atoms with Crippen LogP contribution in [0.4, 0.5) is 14.5 Å². The SMILES string of the molecule is O=C(Nc1cnn(CCO)c1)C1CCN(S(=O)(=O)c2cc(F)ccc2F)CC1. The molecule has 11 heteroatoms. The fourth-order valence-electron chi connectivity index (χ4n) is 3.07. The molecule has 152 valence electrons. The molecule has 0 bridgehead atoms. The molecule has 1 aliphatic heterocycles. The van der Waals surface area contributed by atoms with E-state index in [1.54, 1.807) is 6.20 Å². The highest BCUT2D eigenvalue weighted by molar-refractivity contribution is 7.89. The molecule has 0 aliphatic carbocycles. The van der Waals surface area contributed by atoms with Gasteiger partial charge in [-0.3, -0.25) is 9.48 Å². The Balaban J connectivity index is 1.61. The molecule has 3 rings (SSSR count). The van der Waals surface area contributed by atoms with Gasteiger partial charge in [0.05, 0.1) is 25.0 Å². The maximum atomic E-state index is 13.9. The van der Waals surface area contributed by atoms with E-state index in [-0.39, 0.29) is 38.4 Å². The van der Waals surface area contributed by atoms with Crippen LogP contribution in [0.5, 0.6) is 0 Å². The summed E-state index contributed by atoms with van der Waals surface area (Å²) < 4.78 is 54.9. The third-order valence-corrected chi connectivity index (χ3v) is 6.48. The molecule has 1 aromatic carbocycles. The number of aliphatic hydroxyl groups excluding tert-OH is 1. The second-order valence-electron chi connectivity index (χ2n) is 6.46. The van der Waals surface area contributed by atoms with Crippen molar-refractivity contribution in [3.8, 4) is 0 Å². The lowest BCUT2D eigenvalue weighted by Crippen LogP contribution is -2.41. The van der Waals surface area contributed by atoms with Crippen molar-refractivity contribution in [3.05, 3.63) is 42.2 Å². The number of sulfonamides is 1. The average molecular weight is 414 g/mol. The summed E-state index contributed by atoms with van der Waals surface area (Å²) in [6.45, 7) is 0.289. The molecule has 1 saturated heterocycles. The van der Waals surface area contributed by atoms with E-state index in [1.807, 2.05) is 0 Å². The zero-order valence-corrected chi connectivity index (χ0v) is 15.7. The molecule has 1 aliphatic rings. The standard InChI is InChI=1S/C17H20F2N4O4S/c18-13-1-2-15(19)16(9-13)28(26,27)23-5-3-12(4-6-23)17(25)21-14-10-20-22(11-14)7-8-24/h1-2,9-12,24H,3-8H2,(H,21,25). The summed E-state index contributed by atoms with van der Waals surface area (Å²) >= 11 is 0. The summed E-state index contributed by atoms with van der Waals surface area (Å²) in [7, 11) is -4.18. The van der Waals surface area contributed by atoms with Gasteiger partial charge in [0.2, 0.25) is 15.9 Å². The number of aliphatic hydroxyl groups is 1. The maximum absolute atomic E-state index is 13.9. The van der Waals surface area contributed by atoms with Gasteiger partial charge in [0.15, 0.2) is 0 Å². The second-order valence-corrected chi connectivity index (χ2v) is 8.36. The first-order chi connectivity index (χ1) is 13.3. The van der Waals surface area contributed by atoms with Gasteiger partial charge in [0, 0.05) is 25.2 Å². The van der Waals surface area contributed by atoms with Crippen molar-refractivity contribution in [2.24, 2.45) is 5.92 Å². The van der Waals surface area contributed by atoms with Gasteiger partial charge in [0.1, 0.15) is 16.5 Å². The molecule has 1 fully saturated rings. The minimum absolute atomic E-state index is 0.0279. The Bertz CT molecular complexity index is 956. The van der Waals surface area contributed by atoms with Crippen molar-refractivity contribution < 1.29 is 27.1 Å². The van der Waals surface area contributed by atoms with Crippen LogP contribution in [0.3, 0.4) is 0 Å². The summed E-state index contributed by atoms with van der Waals surface area (Å²) in [5.74, 6) is -2.53. The van der Waals surface area contributed by atoms with Crippen LogP contribution in [0, 0.1) is 17.6 Å². The minimum Gasteiger partial charge on any atom is -0.394 e. The van der Waals surface area contributed by atoms with Crippen LogP contribution in [0.2, 0.25) is 0 Å². The Labute approximate surface area is 160 Å². The Morgan fingerprint density at radius 1 is 1.29 bits per heavy atom. The summed E-state index contributed by atoms with van der Waals surface area (Å²) in [5.41, 5.74) is 0.482. The van der Waals surface area contributed by atoms with Crippen LogP contribution >= 0.6 is 0 Å². The number of carbonyl (C=O) groups is 1. The van der Waals surface area contributed by atoms with Gasteiger partial charge in [-0.15, -0.1) is 0 Å². The van der Waals surface area contributed by atoms with E-state index in [9.17, 15) is 22.0 Å². The number of piperidine rings is 1. The number of halogens is 2. The number of nitrogens with one attached hydrogen (secondary N) is 1. The van der Waals surface area contributed by atoms with Crippen molar-refractivity contribution in [2.45, 2.75) is 24.3 Å². The van der Waals surface area contributed by atoms with Crippen LogP contribution in [0.25, 0.3) is 0 Å². The van der Waals surface area contributed by atoms with Crippen molar-refractivity contribution in [1.29, 1.82) is 0 Å². The molecular formula is C17H20F2N4O4S. The van der Waals surface area contributed by atoms with E-state index in [0.717, 1.165) is 16.4 Å². The summed E-state index contributed by atoms with van der Waals surface area (Å²) in [6.07, 6.45) is 3.56. The predicted molar refractivity (Wildman–Crippen MR) is 95.8 cm³/mol. The van der Waals surface area contributed by atoms with Gasteiger partial charge in [-0.25, -0.2) is 17.2 Å². The first-order valence-corrected chi connectivity index (χ1v) is 10.1. The first kappa shape index (κ1) is 20.4. The highest BCUT2D eigenvalue weighted by Crippen LogP contribution is 2.26. The number of carbonyl (C=O) groups excluding carboxylic acids is 1. The Kier molecular flexibility index (Phi) is 6.06. The number of amides is 1. The molecule has 1 aromatic heterocycles. The zero-order valence-electron chi connectivity index (χ0n) is 14.9. The van der Waals surface area contributed by atoms with E-state index in [1.165, 1.54) is 10.9 Å². The van der Waals surface area contributed by atoms with Gasteiger partial charge >= 0.3 is 0 Å². The number of anilines is 1. The summed E-state index contributed by atoms with van der Waals surface area (Å²) in [5, 5.41) is 15.6. The van der Waals surface area contributed by atoms with Gasteiger partial charge in [-0.2, -0.15) is 9.40 Å². The number of rotatable bonds is 6. The molecule has 1 amide bonds. The van der Waals surface area contributed by atoms with Crippen LogP contribution < -0.4 is 5.32 Å². The van der Waals surface area contributed by atoms with Gasteiger partial charge in [-0.05, 0) is 31.0 Å². The van der Waals surface area contributed by atoms with Gasteiger partial charge in [0.25, 0.3) is 0 Å². The van der Waals surface area contributed by atoms with Crippen LogP contribution in [-0.4, -0.2) is 53.2 Å². The third-order valence-electron chi connectivity index (χ3n) is 4.57. The predicted octanol–water partition coefficient (Wildman–Crippen LogP) is 1.19. The molecule has 2 aromatic rings. The lowest BCUT2D eigenvalue weighted by atomic mass is 9.97. The molecular weight excluding hydrogens is 394 g/mol. The number of nitrogens with zero attached hydrogens (tertiary/aromatic N) is 3. The van der Waals surface area contributed by atoms with Crippen molar-refractivity contribution in [2.75, 3.05) is 25.0 Å². The van der Waals surface area contributed by atoms with Crippen molar-refractivity contribution >= 4 is 21.6 Å².